The van der Waals surface area contributed by atoms with Crippen molar-refractivity contribution in [3.63, 3.8) is 0 Å². The van der Waals surface area contributed by atoms with Crippen molar-refractivity contribution in [3.8, 4) is 11.5 Å². The first-order valence-corrected chi connectivity index (χ1v) is 7.49. The van der Waals surface area contributed by atoms with Crippen molar-refractivity contribution in [3.05, 3.63) is 35.7 Å². The third-order valence-electron chi connectivity index (χ3n) is 4.03. The molecule has 4 rings (SSSR count). The van der Waals surface area contributed by atoms with E-state index in [-0.39, 0.29) is 6.04 Å². The highest BCUT2D eigenvalue weighted by molar-refractivity contribution is 5.46. The summed E-state index contributed by atoms with van der Waals surface area (Å²) >= 11 is 0. The van der Waals surface area contributed by atoms with E-state index in [1.165, 1.54) is 5.56 Å². The summed E-state index contributed by atoms with van der Waals surface area (Å²) in [5.74, 6) is 2.66. The lowest BCUT2D eigenvalue weighted by Gasteiger charge is -2.26. The van der Waals surface area contributed by atoms with Gasteiger partial charge in [0.1, 0.15) is 0 Å². The van der Waals surface area contributed by atoms with Crippen LogP contribution in [0.1, 0.15) is 30.1 Å². The summed E-state index contributed by atoms with van der Waals surface area (Å²) in [6.07, 6.45) is 4.07. The number of hydrogen-bond donors (Lipinski definition) is 1. The Morgan fingerprint density at radius 1 is 1.24 bits per heavy atom. The van der Waals surface area contributed by atoms with Gasteiger partial charge in [0.15, 0.2) is 11.5 Å². The molecule has 0 fully saturated rings. The quantitative estimate of drug-likeness (QED) is 0.875. The molecule has 0 spiro atoms. The standard InChI is InChI=1S/C16H19N3O2/c1-11-10-19-6-5-13(18-16(19)17-11)12-3-4-14-15(9-12)21-8-2-7-20-14/h3-4,9-10,13H,2,5-8H2,1H3,(H,17,18). The normalized spacial score (nSPS) is 20.3. The van der Waals surface area contributed by atoms with Crippen molar-refractivity contribution in [1.29, 1.82) is 0 Å². The van der Waals surface area contributed by atoms with Gasteiger partial charge < -0.3 is 19.4 Å². The number of anilines is 1. The summed E-state index contributed by atoms with van der Waals surface area (Å²) in [6, 6.07) is 6.51. The van der Waals surface area contributed by atoms with Gasteiger partial charge in [-0.1, -0.05) is 6.07 Å². The second kappa shape index (κ2) is 4.98. The number of aromatic nitrogens is 2. The molecule has 5 heteroatoms. The Balaban J connectivity index is 1.61. The van der Waals surface area contributed by atoms with Gasteiger partial charge in [-0.25, -0.2) is 4.98 Å². The third kappa shape index (κ3) is 2.33. The molecule has 0 saturated heterocycles. The maximum absolute atomic E-state index is 5.78. The van der Waals surface area contributed by atoms with Crippen LogP contribution in [-0.2, 0) is 6.54 Å². The molecule has 3 heterocycles. The molecule has 1 unspecified atom stereocenters. The third-order valence-corrected chi connectivity index (χ3v) is 4.03. The van der Waals surface area contributed by atoms with Gasteiger partial charge in [0.25, 0.3) is 0 Å². The van der Waals surface area contributed by atoms with Gasteiger partial charge in [0.2, 0.25) is 5.95 Å². The maximum atomic E-state index is 5.78. The fraction of sp³-hybridized carbons (Fsp3) is 0.438. The fourth-order valence-electron chi connectivity index (χ4n) is 2.98. The Morgan fingerprint density at radius 2 is 2.10 bits per heavy atom. The molecule has 0 radical (unpaired) electrons. The predicted octanol–water partition coefficient (Wildman–Crippen LogP) is 2.91. The summed E-state index contributed by atoms with van der Waals surface area (Å²) in [7, 11) is 0. The van der Waals surface area contributed by atoms with Crippen molar-refractivity contribution in [2.45, 2.75) is 32.4 Å². The first-order chi connectivity index (χ1) is 10.3. The monoisotopic (exact) mass is 285 g/mol. The van der Waals surface area contributed by atoms with Gasteiger partial charge in [-0.2, -0.15) is 0 Å². The molecule has 0 aliphatic carbocycles. The van der Waals surface area contributed by atoms with Crippen molar-refractivity contribution in [1.82, 2.24) is 9.55 Å². The highest BCUT2D eigenvalue weighted by atomic mass is 16.5. The van der Waals surface area contributed by atoms with Crippen LogP contribution in [-0.4, -0.2) is 22.8 Å². The van der Waals surface area contributed by atoms with Gasteiger partial charge in [0.05, 0.1) is 24.9 Å². The van der Waals surface area contributed by atoms with Crippen LogP contribution >= 0.6 is 0 Å². The van der Waals surface area contributed by atoms with Gasteiger partial charge in [-0.05, 0) is 31.0 Å². The van der Waals surface area contributed by atoms with Crippen LogP contribution in [0.15, 0.2) is 24.4 Å². The lowest BCUT2D eigenvalue weighted by molar-refractivity contribution is 0.297. The Labute approximate surface area is 123 Å². The first-order valence-electron chi connectivity index (χ1n) is 7.49. The first kappa shape index (κ1) is 12.6. The zero-order valence-corrected chi connectivity index (χ0v) is 12.1. The van der Waals surface area contributed by atoms with Crippen molar-refractivity contribution in [2.24, 2.45) is 0 Å². The molecule has 2 aliphatic heterocycles. The fourth-order valence-corrected chi connectivity index (χ4v) is 2.98. The Hall–Kier alpha value is -2.17. The second-order valence-electron chi connectivity index (χ2n) is 5.64. The van der Waals surface area contributed by atoms with Crippen LogP contribution in [0.3, 0.4) is 0 Å². The molecule has 0 bridgehead atoms. The van der Waals surface area contributed by atoms with E-state index in [9.17, 15) is 0 Å². The molecule has 0 saturated carbocycles. The van der Waals surface area contributed by atoms with E-state index in [1.807, 2.05) is 13.0 Å². The number of nitrogens with zero attached hydrogens (tertiary/aromatic N) is 2. The average Bonchev–Trinajstić information content (AvgIpc) is 2.71. The Kier molecular flexibility index (Phi) is 2.98. The average molecular weight is 285 g/mol. The number of imidazole rings is 1. The van der Waals surface area contributed by atoms with Crippen LogP contribution in [0.25, 0.3) is 0 Å². The van der Waals surface area contributed by atoms with Crippen LogP contribution in [0.2, 0.25) is 0 Å². The summed E-state index contributed by atoms with van der Waals surface area (Å²) < 4.78 is 13.6. The predicted molar refractivity (Wildman–Crippen MR) is 80.0 cm³/mol. The minimum absolute atomic E-state index is 0.274. The van der Waals surface area contributed by atoms with Gasteiger partial charge in [-0.3, -0.25) is 0 Å². The number of rotatable bonds is 1. The number of benzene rings is 1. The minimum atomic E-state index is 0.274. The lowest BCUT2D eigenvalue weighted by Crippen LogP contribution is -2.21. The van der Waals surface area contributed by atoms with Crippen molar-refractivity contribution in [2.75, 3.05) is 18.5 Å². The van der Waals surface area contributed by atoms with Gasteiger partial charge >= 0.3 is 0 Å². The molecule has 21 heavy (non-hydrogen) atoms. The summed E-state index contributed by atoms with van der Waals surface area (Å²) in [5.41, 5.74) is 2.28. The van der Waals surface area contributed by atoms with Crippen LogP contribution in [0, 0.1) is 6.92 Å². The van der Waals surface area contributed by atoms with E-state index in [2.05, 4.69) is 33.2 Å². The molecule has 0 amide bonds. The van der Waals surface area contributed by atoms with Crippen LogP contribution in [0.5, 0.6) is 11.5 Å². The van der Waals surface area contributed by atoms with Crippen LogP contribution < -0.4 is 14.8 Å². The van der Waals surface area contributed by atoms with E-state index < -0.39 is 0 Å². The Bertz CT molecular complexity index is 666. The summed E-state index contributed by atoms with van der Waals surface area (Å²) in [4.78, 5) is 4.53. The molecule has 2 aromatic rings. The number of fused-ring (bicyclic) bond motifs is 2. The minimum Gasteiger partial charge on any atom is -0.490 e. The maximum Gasteiger partial charge on any atom is 0.203 e. The molecular weight excluding hydrogens is 266 g/mol. The van der Waals surface area contributed by atoms with Crippen molar-refractivity contribution < 1.29 is 9.47 Å². The van der Waals surface area contributed by atoms with E-state index >= 15 is 0 Å². The molecule has 110 valence electrons. The topological polar surface area (TPSA) is 48.3 Å². The van der Waals surface area contributed by atoms with Gasteiger partial charge in [0, 0.05) is 19.2 Å². The second-order valence-corrected chi connectivity index (χ2v) is 5.64. The molecule has 1 N–H and O–H groups in total. The molecule has 1 atom stereocenters. The molecule has 1 aromatic carbocycles. The summed E-state index contributed by atoms with van der Waals surface area (Å²) in [5, 5.41) is 3.51. The number of ether oxygens (including phenoxy) is 2. The molecule has 2 aliphatic rings. The zero-order valence-electron chi connectivity index (χ0n) is 12.1. The van der Waals surface area contributed by atoms with E-state index in [4.69, 9.17) is 9.47 Å². The van der Waals surface area contributed by atoms with E-state index in [0.717, 1.165) is 55.7 Å². The molecular formula is C16H19N3O2. The molecule has 5 nitrogen and oxygen atoms in total. The number of aryl methyl sites for hydroxylation is 2. The highest BCUT2D eigenvalue weighted by Gasteiger charge is 2.22. The largest absolute Gasteiger partial charge is 0.490 e. The number of nitrogens with one attached hydrogen (secondary N) is 1. The number of hydrogen-bond acceptors (Lipinski definition) is 4. The van der Waals surface area contributed by atoms with E-state index in [1.54, 1.807) is 0 Å². The van der Waals surface area contributed by atoms with Crippen LogP contribution in [0.4, 0.5) is 5.95 Å². The summed E-state index contributed by atoms with van der Waals surface area (Å²) in [6.45, 7) is 4.46. The van der Waals surface area contributed by atoms with E-state index in [0.29, 0.717) is 0 Å². The zero-order chi connectivity index (χ0) is 14.2. The Morgan fingerprint density at radius 3 is 3.00 bits per heavy atom. The molecule has 1 aromatic heterocycles. The van der Waals surface area contributed by atoms with Crippen molar-refractivity contribution >= 4 is 5.95 Å². The smallest absolute Gasteiger partial charge is 0.203 e. The van der Waals surface area contributed by atoms with Gasteiger partial charge in [-0.15, -0.1) is 0 Å². The SMILES string of the molecule is Cc1cn2c(n1)NC(c1ccc3c(c1)OCCCO3)CC2. The highest BCUT2D eigenvalue weighted by Crippen LogP contribution is 2.35. The lowest BCUT2D eigenvalue weighted by atomic mass is 10.0.